The Morgan fingerprint density at radius 2 is 1.97 bits per heavy atom. The van der Waals surface area contributed by atoms with Gasteiger partial charge < -0.3 is 18.8 Å². The summed E-state index contributed by atoms with van der Waals surface area (Å²) in [5.74, 6) is 1.67. The molecule has 1 aromatic rings. The van der Waals surface area contributed by atoms with Gasteiger partial charge in [0.25, 0.3) is 0 Å². The Labute approximate surface area is 182 Å². The first-order valence-electron chi connectivity index (χ1n) is 10.7. The molecule has 1 saturated carbocycles. The number of hydrogen-bond donors (Lipinski definition) is 0. The number of rotatable bonds is 5. The average molecular weight is 436 g/mol. The van der Waals surface area contributed by atoms with Crippen LogP contribution in [0.2, 0.25) is 0 Å². The fourth-order valence-corrected chi connectivity index (χ4v) is 4.69. The van der Waals surface area contributed by atoms with Crippen LogP contribution in [0.5, 0.6) is 11.5 Å². The summed E-state index contributed by atoms with van der Waals surface area (Å²) in [4.78, 5) is 12.1. The van der Waals surface area contributed by atoms with Crippen LogP contribution in [0.15, 0.2) is 22.6 Å². The van der Waals surface area contributed by atoms with E-state index in [9.17, 15) is 9.35 Å². The van der Waals surface area contributed by atoms with Crippen molar-refractivity contribution in [1.29, 1.82) is 0 Å². The zero-order chi connectivity index (χ0) is 21.9. The molecule has 6 nitrogen and oxygen atoms in total. The predicted octanol–water partition coefficient (Wildman–Crippen LogP) is 4.47. The summed E-state index contributed by atoms with van der Waals surface area (Å²) in [6.45, 7) is 8.04. The van der Waals surface area contributed by atoms with Gasteiger partial charge in [-0.25, -0.2) is 0 Å². The van der Waals surface area contributed by atoms with Crippen molar-refractivity contribution in [3.05, 3.63) is 23.8 Å². The van der Waals surface area contributed by atoms with Crippen LogP contribution in [0.25, 0.3) is 0 Å². The zero-order valence-electron chi connectivity index (χ0n) is 18.6. The lowest BCUT2D eigenvalue weighted by atomic mass is 9.77. The van der Waals surface area contributed by atoms with E-state index in [1.165, 1.54) is 0 Å². The van der Waals surface area contributed by atoms with Gasteiger partial charge in [0.1, 0.15) is 39.4 Å². The third-order valence-electron chi connectivity index (χ3n) is 5.81. The molecule has 0 aromatic heterocycles. The molecule has 2 aliphatic rings. The van der Waals surface area contributed by atoms with E-state index in [1.54, 1.807) is 7.11 Å². The Morgan fingerprint density at radius 3 is 2.57 bits per heavy atom. The van der Waals surface area contributed by atoms with E-state index < -0.39 is 16.1 Å². The van der Waals surface area contributed by atoms with Crippen LogP contribution in [-0.4, -0.2) is 40.8 Å². The van der Waals surface area contributed by atoms with Gasteiger partial charge in [-0.2, -0.15) is 0 Å². The van der Waals surface area contributed by atoms with E-state index in [4.69, 9.17) is 14.2 Å². The van der Waals surface area contributed by atoms with Gasteiger partial charge in [0.15, 0.2) is 0 Å². The summed E-state index contributed by atoms with van der Waals surface area (Å²) in [7, 11) is 1.63. The number of carbonyl (C=O) groups is 1. The quantitative estimate of drug-likeness (QED) is 0.504. The van der Waals surface area contributed by atoms with Crippen LogP contribution in [0.4, 0.5) is 0 Å². The van der Waals surface area contributed by atoms with Crippen LogP contribution in [0, 0.1) is 11.8 Å². The molecule has 0 spiro atoms. The van der Waals surface area contributed by atoms with Crippen molar-refractivity contribution in [2.45, 2.75) is 70.7 Å². The van der Waals surface area contributed by atoms with Crippen molar-refractivity contribution in [2.24, 2.45) is 16.2 Å². The van der Waals surface area contributed by atoms with Crippen molar-refractivity contribution in [1.82, 2.24) is 0 Å². The van der Waals surface area contributed by atoms with Gasteiger partial charge in [-0.1, -0.05) is 4.40 Å². The van der Waals surface area contributed by atoms with E-state index in [0.29, 0.717) is 18.9 Å². The third-order valence-corrected chi connectivity index (χ3v) is 7.24. The minimum absolute atomic E-state index is 0.0151. The molecule has 166 valence electrons. The van der Waals surface area contributed by atoms with E-state index in [0.717, 1.165) is 48.5 Å². The molecule has 2 atom stereocenters. The van der Waals surface area contributed by atoms with Crippen LogP contribution >= 0.6 is 0 Å². The molecule has 1 unspecified atom stereocenters. The largest absolute Gasteiger partial charge is 0.591 e. The van der Waals surface area contributed by atoms with E-state index in [-0.39, 0.29) is 18.0 Å². The van der Waals surface area contributed by atoms with Crippen LogP contribution in [0.3, 0.4) is 0 Å². The van der Waals surface area contributed by atoms with Gasteiger partial charge in [0.2, 0.25) is 0 Å². The Kier molecular flexibility index (Phi) is 7.34. The second-order valence-corrected chi connectivity index (χ2v) is 10.9. The molecule has 1 fully saturated rings. The minimum atomic E-state index is -1.34. The van der Waals surface area contributed by atoms with Crippen LogP contribution < -0.4 is 9.47 Å². The summed E-state index contributed by atoms with van der Waals surface area (Å²) in [6, 6.07) is 5.69. The van der Waals surface area contributed by atoms with Gasteiger partial charge in [0.05, 0.1) is 19.6 Å². The highest BCUT2D eigenvalue weighted by Gasteiger charge is 2.37. The highest BCUT2D eigenvalue weighted by molar-refractivity contribution is 7.91. The number of hydrogen-bond acceptors (Lipinski definition) is 6. The van der Waals surface area contributed by atoms with Gasteiger partial charge in [-0.3, -0.25) is 4.79 Å². The smallest absolute Gasteiger partial charge is 0.308 e. The second kappa shape index (κ2) is 9.60. The first kappa shape index (κ1) is 22.9. The summed E-state index contributed by atoms with van der Waals surface area (Å²) in [6.07, 6.45) is 4.01. The Hall–Kier alpha value is -1.73. The van der Waals surface area contributed by atoms with Crippen molar-refractivity contribution < 1.29 is 23.6 Å². The summed E-state index contributed by atoms with van der Waals surface area (Å²) < 4.78 is 33.9. The molecule has 1 heterocycles. The molecule has 0 bridgehead atoms. The monoisotopic (exact) mass is 435 g/mol. The third kappa shape index (κ3) is 5.30. The second-order valence-electron chi connectivity index (χ2n) is 8.99. The number of benzene rings is 1. The lowest BCUT2D eigenvalue weighted by molar-refractivity contribution is -0.149. The summed E-state index contributed by atoms with van der Waals surface area (Å²) in [5.41, 5.74) is 1.70. The fourth-order valence-electron chi connectivity index (χ4n) is 4.04. The lowest BCUT2D eigenvalue weighted by Crippen LogP contribution is -2.38. The summed E-state index contributed by atoms with van der Waals surface area (Å²) >= 11 is -1.34. The Balaban J connectivity index is 1.80. The van der Waals surface area contributed by atoms with Crippen LogP contribution in [0.1, 0.15) is 65.4 Å². The van der Waals surface area contributed by atoms with Crippen LogP contribution in [-0.2, 0) is 20.9 Å². The molecule has 1 aliphatic carbocycles. The molecule has 0 radical (unpaired) electrons. The molecule has 0 amide bonds. The molecular weight excluding hydrogens is 402 g/mol. The Morgan fingerprint density at radius 1 is 1.27 bits per heavy atom. The highest BCUT2D eigenvalue weighted by Crippen LogP contribution is 2.40. The van der Waals surface area contributed by atoms with E-state index >= 15 is 0 Å². The molecule has 1 aliphatic heterocycles. The lowest BCUT2D eigenvalue weighted by Gasteiger charge is -2.36. The summed E-state index contributed by atoms with van der Waals surface area (Å²) in [5, 5.41) is 0. The number of nitrogens with zero attached hydrogens (tertiary/aromatic N) is 1. The number of methoxy groups -OCH3 is 1. The Bertz CT molecular complexity index is 780. The molecule has 30 heavy (non-hydrogen) atoms. The number of carbonyl (C=O) groups excluding carboxylic acids is 1. The molecule has 0 N–H and O–H groups in total. The van der Waals surface area contributed by atoms with Crippen molar-refractivity contribution in [3.63, 3.8) is 0 Å². The highest BCUT2D eigenvalue weighted by atomic mass is 32.2. The average Bonchev–Trinajstić information content (AvgIpc) is 2.72. The number of esters is 1. The van der Waals surface area contributed by atoms with E-state index in [2.05, 4.69) is 4.40 Å². The number of fused-ring (bicyclic) bond motifs is 1. The predicted molar refractivity (Wildman–Crippen MR) is 119 cm³/mol. The molecule has 0 saturated heterocycles. The van der Waals surface area contributed by atoms with Crippen molar-refractivity contribution in [2.75, 3.05) is 13.7 Å². The molecule has 3 rings (SSSR count). The standard InChI is InChI=1S/C23H33NO5S/c1-6-28-22(25)16-9-7-15(8-10-16)20-14-19(24-30(26)23(2,3)4)18-12-11-17(27-5)13-21(18)29-20/h11-13,15-16,20H,6-10,14H2,1-5H3/t15?,16?,20-,30?/m0/s1. The topological polar surface area (TPSA) is 80.2 Å². The van der Waals surface area contributed by atoms with Gasteiger partial charge in [-0.15, -0.1) is 0 Å². The van der Waals surface area contributed by atoms with Crippen molar-refractivity contribution >= 4 is 23.0 Å². The maximum Gasteiger partial charge on any atom is 0.308 e. The van der Waals surface area contributed by atoms with Crippen molar-refractivity contribution in [3.8, 4) is 11.5 Å². The SMILES string of the molecule is CCOC(=O)C1CCC([C@@H]2CC(=N[S+]([O-])C(C)(C)C)c3ccc(OC)cc3O2)CC1. The van der Waals surface area contributed by atoms with Gasteiger partial charge in [-0.05, 0) is 71.4 Å². The van der Waals surface area contributed by atoms with E-state index in [1.807, 2.05) is 45.9 Å². The first-order valence-corrected chi connectivity index (χ1v) is 11.8. The zero-order valence-corrected chi connectivity index (χ0v) is 19.4. The normalized spacial score (nSPS) is 26.5. The molecule has 1 aromatic carbocycles. The maximum atomic E-state index is 12.7. The van der Waals surface area contributed by atoms with Gasteiger partial charge >= 0.3 is 5.97 Å². The number of ether oxygens (including phenoxy) is 3. The first-order chi connectivity index (χ1) is 14.2. The fraction of sp³-hybridized carbons (Fsp3) is 0.652. The molecular formula is C23H33NO5S. The van der Waals surface area contributed by atoms with Gasteiger partial charge in [0, 0.05) is 18.1 Å². The minimum Gasteiger partial charge on any atom is -0.591 e. The molecule has 7 heteroatoms. The maximum absolute atomic E-state index is 12.7.